The second-order valence-corrected chi connectivity index (χ2v) is 8.06. The monoisotopic (exact) mass is 422 g/mol. The molecule has 0 aliphatic carbocycles. The number of hydrogen-bond acceptors (Lipinski definition) is 6. The average Bonchev–Trinajstić information content (AvgIpc) is 3.40. The molecule has 0 spiro atoms. The molecule has 0 bridgehead atoms. The minimum atomic E-state index is -0.263. The maximum absolute atomic E-state index is 12.5. The summed E-state index contributed by atoms with van der Waals surface area (Å²) in [6.07, 6.45) is 1.35. The van der Waals surface area contributed by atoms with Crippen molar-refractivity contribution in [2.45, 2.75) is 25.7 Å². The SMILES string of the molecule is CCc1ccc(N2C[C@H](c3nnc(NC(=O)c4ccc(OC)cc4)s3)CC2=O)cc1. The van der Waals surface area contributed by atoms with Gasteiger partial charge in [-0.1, -0.05) is 30.4 Å². The molecule has 1 atom stereocenters. The Kier molecular flexibility index (Phi) is 5.76. The zero-order valence-corrected chi connectivity index (χ0v) is 17.6. The molecule has 1 aromatic heterocycles. The number of ether oxygens (including phenoxy) is 1. The predicted octanol–water partition coefficient (Wildman–Crippen LogP) is 3.88. The van der Waals surface area contributed by atoms with Gasteiger partial charge in [-0.3, -0.25) is 14.9 Å². The highest BCUT2D eigenvalue weighted by atomic mass is 32.1. The quantitative estimate of drug-likeness (QED) is 0.652. The topological polar surface area (TPSA) is 84.4 Å². The highest BCUT2D eigenvalue weighted by Crippen LogP contribution is 2.34. The van der Waals surface area contributed by atoms with Crippen LogP contribution in [0.15, 0.2) is 48.5 Å². The molecular weight excluding hydrogens is 400 g/mol. The number of carbonyl (C=O) groups is 2. The molecule has 0 unspecified atom stereocenters. The molecule has 2 heterocycles. The Morgan fingerprint density at radius 1 is 1.17 bits per heavy atom. The lowest BCUT2D eigenvalue weighted by Gasteiger charge is -2.16. The van der Waals surface area contributed by atoms with E-state index in [-0.39, 0.29) is 17.7 Å². The van der Waals surface area contributed by atoms with Crippen LogP contribution in [-0.2, 0) is 11.2 Å². The summed E-state index contributed by atoms with van der Waals surface area (Å²) in [6, 6.07) is 14.9. The number of aryl methyl sites for hydroxylation is 1. The third-order valence-corrected chi connectivity index (χ3v) is 6.15. The molecule has 8 heteroatoms. The van der Waals surface area contributed by atoms with E-state index >= 15 is 0 Å². The molecule has 1 aliphatic heterocycles. The Labute approximate surface area is 178 Å². The van der Waals surface area contributed by atoms with Crippen molar-refractivity contribution in [3.05, 3.63) is 64.7 Å². The fraction of sp³-hybridized carbons (Fsp3) is 0.273. The van der Waals surface area contributed by atoms with E-state index < -0.39 is 0 Å². The molecule has 1 N–H and O–H groups in total. The number of hydrogen-bond donors (Lipinski definition) is 1. The normalized spacial score (nSPS) is 16.0. The van der Waals surface area contributed by atoms with Crippen LogP contribution in [0.3, 0.4) is 0 Å². The number of amides is 2. The molecule has 2 aromatic carbocycles. The van der Waals surface area contributed by atoms with Gasteiger partial charge in [0.25, 0.3) is 5.91 Å². The zero-order valence-electron chi connectivity index (χ0n) is 16.8. The minimum absolute atomic E-state index is 0.0347. The van der Waals surface area contributed by atoms with E-state index in [4.69, 9.17) is 4.74 Å². The zero-order chi connectivity index (χ0) is 21.1. The fourth-order valence-corrected chi connectivity index (χ4v) is 4.23. The molecule has 7 nitrogen and oxygen atoms in total. The lowest BCUT2D eigenvalue weighted by molar-refractivity contribution is -0.117. The van der Waals surface area contributed by atoms with Gasteiger partial charge in [-0.2, -0.15) is 0 Å². The summed E-state index contributed by atoms with van der Waals surface area (Å²) in [6.45, 7) is 2.66. The number of aromatic nitrogens is 2. The van der Waals surface area contributed by atoms with E-state index in [2.05, 4.69) is 22.4 Å². The van der Waals surface area contributed by atoms with E-state index in [9.17, 15) is 9.59 Å². The Bertz CT molecular complexity index is 1050. The van der Waals surface area contributed by atoms with E-state index in [1.165, 1.54) is 16.9 Å². The van der Waals surface area contributed by atoms with Crippen LogP contribution in [0.1, 0.15) is 40.2 Å². The van der Waals surface area contributed by atoms with Crippen molar-refractivity contribution >= 4 is 34.0 Å². The first-order chi connectivity index (χ1) is 14.6. The number of rotatable bonds is 6. The van der Waals surface area contributed by atoms with Crippen molar-refractivity contribution in [3.63, 3.8) is 0 Å². The Balaban J connectivity index is 1.42. The molecule has 30 heavy (non-hydrogen) atoms. The maximum Gasteiger partial charge on any atom is 0.257 e. The summed E-state index contributed by atoms with van der Waals surface area (Å²) in [5.41, 5.74) is 2.64. The number of nitrogens with one attached hydrogen (secondary N) is 1. The molecule has 1 saturated heterocycles. The Morgan fingerprint density at radius 2 is 1.90 bits per heavy atom. The standard InChI is InChI=1S/C22H22N4O3S/c1-3-14-4-8-17(9-5-14)26-13-16(12-19(26)27)21-24-25-22(30-21)23-20(28)15-6-10-18(29-2)11-7-15/h4-11,16H,3,12-13H2,1-2H3,(H,23,25,28)/t16-/m1/s1. The fourth-order valence-electron chi connectivity index (χ4n) is 3.40. The van der Waals surface area contributed by atoms with Crippen molar-refractivity contribution in [2.24, 2.45) is 0 Å². The molecule has 154 valence electrons. The van der Waals surface area contributed by atoms with Crippen molar-refractivity contribution in [2.75, 3.05) is 23.9 Å². The van der Waals surface area contributed by atoms with E-state index in [1.54, 1.807) is 36.3 Å². The number of benzene rings is 2. The summed E-state index contributed by atoms with van der Waals surface area (Å²) in [4.78, 5) is 26.7. The highest BCUT2D eigenvalue weighted by Gasteiger charge is 2.34. The number of nitrogens with zero attached hydrogens (tertiary/aromatic N) is 3. The highest BCUT2D eigenvalue weighted by molar-refractivity contribution is 7.15. The predicted molar refractivity (Wildman–Crippen MR) is 116 cm³/mol. The van der Waals surface area contributed by atoms with Crippen LogP contribution in [0, 0.1) is 0 Å². The molecule has 3 aromatic rings. The molecule has 1 aliphatic rings. The molecule has 4 rings (SSSR count). The summed E-state index contributed by atoms with van der Waals surface area (Å²) in [5, 5.41) is 12.2. The lowest BCUT2D eigenvalue weighted by atomic mass is 10.1. The largest absolute Gasteiger partial charge is 0.497 e. The van der Waals surface area contributed by atoms with Gasteiger partial charge in [-0.25, -0.2) is 0 Å². The molecule has 2 amide bonds. The van der Waals surface area contributed by atoms with E-state index in [0.717, 1.165) is 17.1 Å². The maximum atomic E-state index is 12.5. The van der Waals surface area contributed by atoms with Gasteiger partial charge in [0.1, 0.15) is 10.8 Å². The molecule has 1 fully saturated rings. The van der Waals surface area contributed by atoms with Crippen molar-refractivity contribution < 1.29 is 14.3 Å². The molecule has 0 radical (unpaired) electrons. The summed E-state index contributed by atoms with van der Waals surface area (Å²) < 4.78 is 5.10. The van der Waals surface area contributed by atoms with Crippen molar-refractivity contribution in [1.29, 1.82) is 0 Å². The van der Waals surface area contributed by atoms with Gasteiger partial charge < -0.3 is 9.64 Å². The van der Waals surface area contributed by atoms with Crippen LogP contribution in [0.5, 0.6) is 5.75 Å². The van der Waals surface area contributed by atoms with Gasteiger partial charge in [-0.15, -0.1) is 10.2 Å². The van der Waals surface area contributed by atoms with Gasteiger partial charge in [0.05, 0.1) is 7.11 Å². The van der Waals surface area contributed by atoms with Crippen LogP contribution in [0.4, 0.5) is 10.8 Å². The summed E-state index contributed by atoms with van der Waals surface area (Å²) in [5.74, 6) is 0.459. The first-order valence-electron chi connectivity index (χ1n) is 9.75. The second kappa shape index (κ2) is 8.62. The Morgan fingerprint density at radius 3 is 2.57 bits per heavy atom. The van der Waals surface area contributed by atoms with Crippen LogP contribution < -0.4 is 15.0 Å². The van der Waals surface area contributed by atoms with E-state index in [0.29, 0.717) is 29.4 Å². The third-order valence-electron chi connectivity index (χ3n) is 5.14. The van der Waals surface area contributed by atoms with Crippen LogP contribution in [0.25, 0.3) is 0 Å². The Hall–Kier alpha value is -3.26. The minimum Gasteiger partial charge on any atom is -0.497 e. The van der Waals surface area contributed by atoms with Crippen LogP contribution in [0.2, 0.25) is 0 Å². The van der Waals surface area contributed by atoms with Gasteiger partial charge in [0.2, 0.25) is 11.0 Å². The molecular formula is C22H22N4O3S. The van der Waals surface area contributed by atoms with Crippen LogP contribution >= 0.6 is 11.3 Å². The number of anilines is 2. The van der Waals surface area contributed by atoms with Gasteiger partial charge in [0, 0.05) is 30.1 Å². The van der Waals surface area contributed by atoms with Gasteiger partial charge in [0.15, 0.2) is 0 Å². The van der Waals surface area contributed by atoms with Crippen molar-refractivity contribution in [1.82, 2.24) is 10.2 Å². The van der Waals surface area contributed by atoms with E-state index in [1.807, 2.05) is 24.3 Å². The second-order valence-electron chi connectivity index (χ2n) is 7.05. The van der Waals surface area contributed by atoms with Gasteiger partial charge in [-0.05, 0) is 48.4 Å². The van der Waals surface area contributed by atoms with Gasteiger partial charge >= 0.3 is 0 Å². The molecule has 0 saturated carbocycles. The first kappa shape index (κ1) is 20.0. The first-order valence-corrected chi connectivity index (χ1v) is 10.6. The number of carbonyl (C=O) groups excluding carboxylic acids is 2. The summed E-state index contributed by atoms with van der Waals surface area (Å²) >= 11 is 1.31. The van der Waals surface area contributed by atoms with Crippen LogP contribution in [-0.4, -0.2) is 35.7 Å². The summed E-state index contributed by atoms with van der Waals surface area (Å²) in [7, 11) is 1.58. The lowest BCUT2D eigenvalue weighted by Crippen LogP contribution is -2.24. The third kappa shape index (κ3) is 4.18. The average molecular weight is 423 g/mol. The smallest absolute Gasteiger partial charge is 0.257 e. The number of methoxy groups -OCH3 is 1. The van der Waals surface area contributed by atoms with Crippen molar-refractivity contribution in [3.8, 4) is 5.75 Å².